The first kappa shape index (κ1) is 22.9. The summed E-state index contributed by atoms with van der Waals surface area (Å²) in [6.45, 7) is 6.22. The average Bonchev–Trinajstić information content (AvgIpc) is 3.31. The number of ether oxygens (including phenoxy) is 1. The molecular formula is C23H29N7O3S. The number of aliphatic hydroxyl groups excluding tert-OH is 1. The van der Waals surface area contributed by atoms with E-state index in [0.29, 0.717) is 32.1 Å². The van der Waals surface area contributed by atoms with E-state index in [1.807, 2.05) is 19.2 Å². The van der Waals surface area contributed by atoms with Gasteiger partial charge in [-0.25, -0.2) is 15.0 Å². The summed E-state index contributed by atoms with van der Waals surface area (Å²) in [5.41, 5.74) is 0.884. The van der Waals surface area contributed by atoms with Crippen LogP contribution in [0.4, 0.5) is 11.6 Å². The van der Waals surface area contributed by atoms with E-state index in [4.69, 9.17) is 19.8 Å². The number of morpholine rings is 1. The van der Waals surface area contributed by atoms with Crippen molar-refractivity contribution in [1.82, 2.24) is 24.8 Å². The minimum Gasteiger partial charge on any atom is -0.387 e. The number of hydrogen-bond acceptors (Lipinski definition) is 10. The maximum atomic E-state index is 11.7. The smallest absolute Gasteiger partial charge is 0.248 e. The summed E-state index contributed by atoms with van der Waals surface area (Å²) in [5, 5.41) is 13.2. The van der Waals surface area contributed by atoms with Gasteiger partial charge >= 0.3 is 0 Å². The molecule has 0 unspecified atom stereocenters. The van der Waals surface area contributed by atoms with Crippen LogP contribution in [0.5, 0.6) is 0 Å². The molecule has 3 aromatic heterocycles. The number of rotatable bonds is 6. The molecule has 2 fully saturated rings. The minimum absolute atomic E-state index is 0.197. The van der Waals surface area contributed by atoms with E-state index in [0.717, 1.165) is 60.1 Å². The predicted molar refractivity (Wildman–Crippen MR) is 132 cm³/mol. The predicted octanol–water partition coefficient (Wildman–Crippen LogP) is 1.27. The van der Waals surface area contributed by atoms with Crippen LogP contribution in [-0.4, -0.2) is 102 Å². The van der Waals surface area contributed by atoms with Crippen LogP contribution >= 0.6 is 11.3 Å². The lowest BCUT2D eigenvalue weighted by Crippen LogP contribution is -2.49. The van der Waals surface area contributed by atoms with Gasteiger partial charge in [0.05, 0.1) is 18.6 Å². The molecule has 0 radical (unpaired) electrons. The van der Waals surface area contributed by atoms with Gasteiger partial charge < -0.3 is 25.0 Å². The monoisotopic (exact) mass is 483 g/mol. The SMILES string of the molecule is CNc1ccc(-c2nc(N3CCOCC3)c3cc(CN4CCN(C(=O)CO)CC4)sc3n2)cn1. The second-order valence-corrected chi connectivity index (χ2v) is 9.51. The van der Waals surface area contributed by atoms with Crippen LogP contribution in [0, 0.1) is 0 Å². The van der Waals surface area contributed by atoms with Crippen LogP contribution in [0.2, 0.25) is 0 Å². The highest BCUT2D eigenvalue weighted by Gasteiger charge is 2.23. The van der Waals surface area contributed by atoms with E-state index in [1.54, 1.807) is 22.4 Å². The van der Waals surface area contributed by atoms with E-state index in [-0.39, 0.29) is 5.91 Å². The number of amides is 1. The quantitative estimate of drug-likeness (QED) is 0.536. The van der Waals surface area contributed by atoms with Gasteiger partial charge in [0.15, 0.2) is 5.82 Å². The molecular weight excluding hydrogens is 454 g/mol. The van der Waals surface area contributed by atoms with E-state index in [1.165, 1.54) is 4.88 Å². The zero-order chi connectivity index (χ0) is 23.5. The van der Waals surface area contributed by atoms with Crippen LogP contribution in [0.3, 0.4) is 0 Å². The lowest BCUT2D eigenvalue weighted by molar-refractivity contribution is -0.135. The van der Waals surface area contributed by atoms with Gasteiger partial charge in [0.2, 0.25) is 5.91 Å². The van der Waals surface area contributed by atoms with Crippen molar-refractivity contribution in [2.24, 2.45) is 0 Å². The van der Waals surface area contributed by atoms with Crippen molar-refractivity contribution in [2.75, 3.05) is 76.4 Å². The maximum absolute atomic E-state index is 11.7. The number of nitrogens with one attached hydrogen (secondary N) is 1. The Kier molecular flexibility index (Phi) is 6.86. The van der Waals surface area contributed by atoms with E-state index in [2.05, 4.69) is 26.2 Å². The number of hydrogen-bond donors (Lipinski definition) is 2. The van der Waals surface area contributed by atoms with Crippen LogP contribution in [0.25, 0.3) is 21.6 Å². The number of aromatic nitrogens is 3. The molecule has 0 saturated carbocycles. The highest BCUT2D eigenvalue weighted by Crippen LogP contribution is 2.34. The molecule has 0 spiro atoms. The molecule has 10 nitrogen and oxygen atoms in total. The molecule has 5 heterocycles. The maximum Gasteiger partial charge on any atom is 0.248 e. The number of aliphatic hydroxyl groups is 1. The number of carbonyl (C=O) groups excluding carboxylic acids is 1. The van der Waals surface area contributed by atoms with Crippen molar-refractivity contribution in [2.45, 2.75) is 6.54 Å². The minimum atomic E-state index is -0.422. The number of pyridine rings is 1. The number of fused-ring (bicyclic) bond motifs is 1. The number of piperazine rings is 1. The summed E-state index contributed by atoms with van der Waals surface area (Å²) in [6, 6.07) is 6.13. The Morgan fingerprint density at radius 2 is 1.94 bits per heavy atom. The molecule has 0 aromatic carbocycles. The average molecular weight is 484 g/mol. The lowest BCUT2D eigenvalue weighted by atomic mass is 10.2. The Balaban J connectivity index is 1.43. The summed E-state index contributed by atoms with van der Waals surface area (Å²) in [4.78, 5) is 34.6. The van der Waals surface area contributed by atoms with Gasteiger partial charge in [0.1, 0.15) is 23.1 Å². The Morgan fingerprint density at radius 1 is 1.15 bits per heavy atom. The molecule has 11 heteroatoms. The fourth-order valence-corrected chi connectivity index (χ4v) is 5.39. The number of nitrogens with zero attached hydrogens (tertiary/aromatic N) is 6. The van der Waals surface area contributed by atoms with Gasteiger partial charge in [0, 0.05) is 69.5 Å². The third-order valence-corrected chi connectivity index (χ3v) is 7.27. The normalized spacial score (nSPS) is 17.4. The largest absolute Gasteiger partial charge is 0.387 e. The van der Waals surface area contributed by atoms with E-state index < -0.39 is 6.61 Å². The molecule has 2 N–H and O–H groups in total. The van der Waals surface area contributed by atoms with Crippen molar-refractivity contribution in [3.63, 3.8) is 0 Å². The Bertz CT molecular complexity index is 1140. The molecule has 5 rings (SSSR count). The summed E-state index contributed by atoms with van der Waals surface area (Å²) in [5.74, 6) is 2.23. The molecule has 0 aliphatic carbocycles. The van der Waals surface area contributed by atoms with Gasteiger partial charge in [-0.1, -0.05) is 0 Å². The van der Waals surface area contributed by atoms with Crippen LogP contribution in [-0.2, 0) is 16.1 Å². The second-order valence-electron chi connectivity index (χ2n) is 8.40. The third-order valence-electron chi connectivity index (χ3n) is 6.25. The zero-order valence-corrected chi connectivity index (χ0v) is 20.1. The van der Waals surface area contributed by atoms with Crippen LogP contribution < -0.4 is 10.2 Å². The number of anilines is 2. The molecule has 0 atom stereocenters. The van der Waals surface area contributed by atoms with Crippen molar-refractivity contribution in [3.05, 3.63) is 29.3 Å². The van der Waals surface area contributed by atoms with Gasteiger partial charge in [-0.2, -0.15) is 0 Å². The van der Waals surface area contributed by atoms with Crippen LogP contribution in [0.1, 0.15) is 4.88 Å². The first-order valence-electron chi connectivity index (χ1n) is 11.5. The second kappa shape index (κ2) is 10.2. The molecule has 180 valence electrons. The summed E-state index contributed by atoms with van der Waals surface area (Å²) in [6.07, 6.45) is 1.80. The Morgan fingerprint density at radius 3 is 2.62 bits per heavy atom. The first-order chi connectivity index (χ1) is 16.6. The zero-order valence-electron chi connectivity index (χ0n) is 19.2. The van der Waals surface area contributed by atoms with E-state index in [9.17, 15) is 4.79 Å². The van der Waals surface area contributed by atoms with Crippen molar-refractivity contribution in [3.8, 4) is 11.4 Å². The third kappa shape index (κ3) is 4.83. The lowest BCUT2D eigenvalue weighted by Gasteiger charge is -2.34. The summed E-state index contributed by atoms with van der Waals surface area (Å²) in [7, 11) is 1.85. The molecule has 2 saturated heterocycles. The van der Waals surface area contributed by atoms with E-state index >= 15 is 0 Å². The molecule has 34 heavy (non-hydrogen) atoms. The summed E-state index contributed by atoms with van der Waals surface area (Å²) >= 11 is 1.69. The van der Waals surface area contributed by atoms with Gasteiger partial charge in [-0.05, 0) is 18.2 Å². The molecule has 3 aromatic rings. The van der Waals surface area contributed by atoms with Crippen molar-refractivity contribution < 1.29 is 14.6 Å². The van der Waals surface area contributed by atoms with Gasteiger partial charge in [-0.15, -0.1) is 11.3 Å². The number of carbonyl (C=O) groups is 1. The molecule has 2 aliphatic rings. The van der Waals surface area contributed by atoms with Gasteiger partial charge in [0.25, 0.3) is 0 Å². The highest BCUT2D eigenvalue weighted by molar-refractivity contribution is 7.18. The Labute approximate surface area is 202 Å². The number of thiophene rings is 1. The fraction of sp³-hybridized carbons (Fsp3) is 0.478. The van der Waals surface area contributed by atoms with Crippen LogP contribution in [0.15, 0.2) is 24.4 Å². The van der Waals surface area contributed by atoms with Crippen molar-refractivity contribution in [1.29, 1.82) is 0 Å². The highest BCUT2D eigenvalue weighted by atomic mass is 32.1. The fourth-order valence-electron chi connectivity index (χ4n) is 4.33. The topological polar surface area (TPSA) is 107 Å². The first-order valence-corrected chi connectivity index (χ1v) is 12.3. The van der Waals surface area contributed by atoms with Crippen molar-refractivity contribution >= 4 is 39.1 Å². The van der Waals surface area contributed by atoms with Gasteiger partial charge in [-0.3, -0.25) is 9.69 Å². The summed E-state index contributed by atoms with van der Waals surface area (Å²) < 4.78 is 5.56. The molecule has 0 bridgehead atoms. The standard InChI is InChI=1S/C23H29N7O3S/c1-24-19-3-2-16(13-25-19)21-26-22(30-8-10-33-11-9-30)18-12-17(34-23(18)27-21)14-28-4-6-29(7-5-28)20(32)15-31/h2-3,12-13,31H,4-11,14-15H2,1H3,(H,24,25). The molecule has 2 aliphatic heterocycles. The Hall–Kier alpha value is -2.86. The molecule has 1 amide bonds.